The molecule has 38 heavy (non-hydrogen) atoms. The van der Waals surface area contributed by atoms with Crippen molar-refractivity contribution in [3.63, 3.8) is 0 Å². The maximum Gasteiger partial charge on any atom is 0.270 e. The lowest BCUT2D eigenvalue weighted by Crippen LogP contribution is -2.24. The second-order valence-electron chi connectivity index (χ2n) is 9.41. The van der Waals surface area contributed by atoms with Crippen LogP contribution in [0.15, 0.2) is 85.1 Å². The summed E-state index contributed by atoms with van der Waals surface area (Å²) in [5.41, 5.74) is 4.38. The van der Waals surface area contributed by atoms with E-state index in [4.69, 9.17) is 21.9 Å². The van der Waals surface area contributed by atoms with Crippen LogP contribution in [0.3, 0.4) is 0 Å². The fourth-order valence-corrected chi connectivity index (χ4v) is 4.36. The molecule has 0 radical (unpaired) electrons. The molecule has 8 heteroatoms. The summed E-state index contributed by atoms with van der Waals surface area (Å²) in [5, 5.41) is 11.8. The van der Waals surface area contributed by atoms with Crippen molar-refractivity contribution in [2.24, 2.45) is 5.92 Å². The van der Waals surface area contributed by atoms with Gasteiger partial charge in [-0.2, -0.15) is 0 Å². The van der Waals surface area contributed by atoms with Crippen molar-refractivity contribution in [1.29, 1.82) is 0 Å². The number of hydrogen-bond acceptors (Lipinski definition) is 4. The first-order chi connectivity index (χ1) is 18.5. The van der Waals surface area contributed by atoms with Crippen molar-refractivity contribution >= 4 is 56.4 Å². The summed E-state index contributed by atoms with van der Waals surface area (Å²) in [7, 11) is 0. The smallest absolute Gasteiger partial charge is 0.270 e. The first-order valence-electron chi connectivity index (χ1n) is 12.5. The maximum atomic E-state index is 13.1. The molecule has 5 rings (SSSR count). The van der Waals surface area contributed by atoms with E-state index in [1.165, 1.54) is 0 Å². The Kier molecular flexibility index (Phi) is 7.51. The third-order valence-electron chi connectivity index (χ3n) is 5.99. The van der Waals surface area contributed by atoms with Gasteiger partial charge in [0.2, 0.25) is 0 Å². The molecule has 2 heterocycles. The second-order valence-corrected chi connectivity index (χ2v) is 9.82. The second kappa shape index (κ2) is 11.3. The van der Waals surface area contributed by atoms with Gasteiger partial charge in [-0.15, -0.1) is 0 Å². The van der Waals surface area contributed by atoms with E-state index >= 15 is 0 Å². The van der Waals surface area contributed by atoms with Gasteiger partial charge >= 0.3 is 0 Å². The number of pyridine rings is 1. The molecule has 0 fully saturated rings. The largest absolute Gasteiger partial charge is 0.493 e. The Morgan fingerprint density at radius 3 is 2.55 bits per heavy atom. The lowest BCUT2D eigenvalue weighted by atomic mass is 10.1. The van der Waals surface area contributed by atoms with Crippen LogP contribution in [0.2, 0.25) is 0 Å². The Morgan fingerprint density at radius 1 is 0.974 bits per heavy atom. The van der Waals surface area contributed by atoms with Crippen LogP contribution in [0.25, 0.3) is 21.8 Å². The number of benzene rings is 3. The van der Waals surface area contributed by atoms with Crippen molar-refractivity contribution in [2.45, 2.75) is 20.4 Å². The number of carbonyl (C=O) groups is 1. The number of thiocarbonyl (C=S) groups is 1. The van der Waals surface area contributed by atoms with Crippen molar-refractivity contribution in [3.05, 3.63) is 96.3 Å². The maximum absolute atomic E-state index is 13.1. The van der Waals surface area contributed by atoms with Crippen LogP contribution in [0.4, 0.5) is 11.4 Å². The number of hydrogen-bond donors (Lipinski definition) is 4. The molecule has 0 aliphatic heterocycles. The zero-order valence-corrected chi connectivity index (χ0v) is 22.1. The van der Waals surface area contributed by atoms with E-state index in [2.05, 4.69) is 34.8 Å². The highest BCUT2D eigenvalue weighted by Crippen LogP contribution is 2.31. The summed E-state index contributed by atoms with van der Waals surface area (Å²) in [6.45, 7) is 5.08. The van der Waals surface area contributed by atoms with E-state index in [-0.39, 0.29) is 11.6 Å². The molecule has 0 bridgehead atoms. The van der Waals surface area contributed by atoms with Gasteiger partial charge in [0.05, 0.1) is 29.0 Å². The molecule has 2 aromatic heterocycles. The third-order valence-corrected chi connectivity index (χ3v) is 6.19. The van der Waals surface area contributed by atoms with Gasteiger partial charge < -0.3 is 25.7 Å². The molecular weight excluding hydrogens is 494 g/mol. The van der Waals surface area contributed by atoms with Gasteiger partial charge in [-0.3, -0.25) is 4.79 Å². The topological polar surface area (TPSA) is 91.1 Å². The Morgan fingerprint density at radius 2 is 1.74 bits per heavy atom. The molecule has 7 nitrogen and oxygen atoms in total. The zero-order valence-electron chi connectivity index (χ0n) is 21.2. The fraction of sp³-hybridized carbons (Fsp3) is 0.167. The van der Waals surface area contributed by atoms with Crippen LogP contribution in [0.5, 0.6) is 5.75 Å². The molecular formula is C30H29N5O2S. The highest BCUT2D eigenvalue weighted by atomic mass is 32.1. The van der Waals surface area contributed by atoms with Crippen molar-refractivity contribution in [1.82, 2.24) is 15.3 Å². The number of rotatable bonds is 8. The highest BCUT2D eigenvalue weighted by Gasteiger charge is 2.16. The summed E-state index contributed by atoms with van der Waals surface area (Å²) in [4.78, 5) is 21.1. The van der Waals surface area contributed by atoms with Crippen LogP contribution < -0.4 is 20.7 Å². The number of aromatic nitrogens is 2. The van der Waals surface area contributed by atoms with E-state index in [1.807, 2.05) is 79.0 Å². The monoisotopic (exact) mass is 523 g/mol. The molecule has 0 saturated heterocycles. The minimum Gasteiger partial charge on any atom is -0.493 e. The lowest BCUT2D eigenvalue weighted by molar-refractivity contribution is 0.0945. The number of nitrogens with zero attached hydrogens (tertiary/aromatic N) is 1. The Balaban J connectivity index is 1.44. The quantitative estimate of drug-likeness (QED) is 0.174. The number of fused-ring (bicyclic) bond motifs is 2. The van der Waals surface area contributed by atoms with Gasteiger partial charge in [0.15, 0.2) is 5.11 Å². The van der Waals surface area contributed by atoms with E-state index in [0.717, 1.165) is 27.5 Å². The van der Waals surface area contributed by atoms with Crippen molar-refractivity contribution in [3.8, 4) is 5.75 Å². The molecule has 192 valence electrons. The van der Waals surface area contributed by atoms with Crippen molar-refractivity contribution in [2.75, 3.05) is 17.2 Å². The molecule has 1 amide bonds. The first-order valence-corrected chi connectivity index (χ1v) is 12.9. The van der Waals surface area contributed by atoms with E-state index in [9.17, 15) is 4.79 Å². The molecule has 5 aromatic rings. The normalized spacial score (nSPS) is 11.0. The zero-order chi connectivity index (χ0) is 26.5. The number of H-pyrrole nitrogens is 1. The summed E-state index contributed by atoms with van der Waals surface area (Å²) < 4.78 is 6.13. The van der Waals surface area contributed by atoms with Crippen LogP contribution >= 0.6 is 12.2 Å². The average molecular weight is 524 g/mol. The summed E-state index contributed by atoms with van der Waals surface area (Å²) in [5.74, 6) is 0.647. The number of aromatic amines is 1. The summed E-state index contributed by atoms with van der Waals surface area (Å²) >= 11 is 5.64. The highest BCUT2D eigenvalue weighted by molar-refractivity contribution is 7.80. The van der Waals surface area contributed by atoms with Crippen LogP contribution in [-0.4, -0.2) is 27.6 Å². The Bertz CT molecular complexity index is 1600. The van der Waals surface area contributed by atoms with Gasteiger partial charge in [0.1, 0.15) is 11.4 Å². The summed E-state index contributed by atoms with van der Waals surface area (Å²) in [6.07, 6.45) is 1.89. The SMILES string of the molecule is CC(C)COc1cc(C(=O)NCc2ccccc2)nc2c(NC(=S)Nc3cccc4cc[nH]c34)cccc12. The molecule has 0 spiro atoms. The number of ether oxygens (including phenoxy) is 1. The minimum atomic E-state index is -0.279. The number of para-hydroxylation sites is 2. The van der Waals surface area contributed by atoms with Gasteiger partial charge in [-0.1, -0.05) is 62.4 Å². The van der Waals surface area contributed by atoms with E-state index < -0.39 is 0 Å². The van der Waals surface area contributed by atoms with Crippen LogP contribution in [-0.2, 0) is 6.54 Å². The molecule has 0 aliphatic carbocycles. The molecule has 0 atom stereocenters. The van der Waals surface area contributed by atoms with Gasteiger partial charge in [-0.25, -0.2) is 4.98 Å². The standard InChI is InChI=1S/C30H29N5O2S/c1-19(2)18-37-26-16-25(29(36)32-17-20-8-4-3-5-9-20)33-28-22(26)11-7-13-24(28)35-30(38)34-23-12-6-10-21-14-15-31-27(21)23/h3-16,19,31H,17-18H2,1-2H3,(H,32,36)(H2,34,35,38). The average Bonchev–Trinajstić information content (AvgIpc) is 3.41. The number of nitrogens with one attached hydrogen (secondary N) is 4. The lowest BCUT2D eigenvalue weighted by Gasteiger charge is -2.16. The van der Waals surface area contributed by atoms with Gasteiger partial charge in [0, 0.05) is 29.6 Å². The van der Waals surface area contributed by atoms with Crippen LogP contribution in [0, 0.1) is 5.92 Å². The van der Waals surface area contributed by atoms with Crippen LogP contribution in [0.1, 0.15) is 29.9 Å². The van der Waals surface area contributed by atoms with E-state index in [0.29, 0.717) is 41.1 Å². The van der Waals surface area contributed by atoms with Gasteiger partial charge in [0.25, 0.3) is 5.91 Å². The third kappa shape index (κ3) is 5.76. The Labute approximate surface area is 226 Å². The molecule has 3 aromatic carbocycles. The predicted octanol–water partition coefficient (Wildman–Crippen LogP) is 6.49. The minimum absolute atomic E-state index is 0.275. The molecule has 0 unspecified atom stereocenters. The fourth-order valence-electron chi connectivity index (χ4n) is 4.14. The molecule has 4 N–H and O–H groups in total. The molecule has 0 aliphatic rings. The van der Waals surface area contributed by atoms with Gasteiger partial charge in [-0.05, 0) is 48.0 Å². The Hall–Kier alpha value is -4.43. The predicted molar refractivity (Wildman–Crippen MR) is 158 cm³/mol. The molecule has 0 saturated carbocycles. The van der Waals surface area contributed by atoms with Crippen molar-refractivity contribution < 1.29 is 9.53 Å². The first kappa shape index (κ1) is 25.2. The number of amides is 1. The van der Waals surface area contributed by atoms with E-state index in [1.54, 1.807) is 6.07 Å². The summed E-state index contributed by atoms with van der Waals surface area (Å²) in [6, 6.07) is 25.2. The number of carbonyl (C=O) groups excluding carboxylic acids is 1. The number of anilines is 2.